The zero-order valence-corrected chi connectivity index (χ0v) is 13.0. The number of amides is 1. The Bertz CT molecular complexity index is 852. The van der Waals surface area contributed by atoms with Gasteiger partial charge in [-0.15, -0.1) is 0 Å². The number of benzene rings is 1. The van der Waals surface area contributed by atoms with Crippen molar-refractivity contribution in [2.24, 2.45) is 0 Å². The van der Waals surface area contributed by atoms with Gasteiger partial charge in [-0.2, -0.15) is 5.10 Å². The number of pyridine rings is 1. The Morgan fingerprint density at radius 3 is 2.78 bits per heavy atom. The van der Waals surface area contributed by atoms with Crippen molar-refractivity contribution in [2.75, 3.05) is 0 Å². The SMILES string of the molecule is Cc1ccc2[nH]nc(C(=O)N(Cc3ccncc3)C3CC3)c2c1. The molecule has 0 aliphatic heterocycles. The first-order chi connectivity index (χ1) is 11.2. The number of hydrogen-bond acceptors (Lipinski definition) is 3. The van der Waals surface area contributed by atoms with Crippen molar-refractivity contribution in [1.82, 2.24) is 20.1 Å². The fourth-order valence-electron chi connectivity index (χ4n) is 2.86. The standard InChI is InChI=1S/C18H18N4O/c1-12-2-5-16-15(10-12)17(21-20-16)18(23)22(14-3-4-14)11-13-6-8-19-9-7-13/h2,5-10,14H,3-4,11H2,1H3,(H,20,21). The lowest BCUT2D eigenvalue weighted by Gasteiger charge is -2.21. The van der Waals surface area contributed by atoms with Crippen molar-refractivity contribution in [3.8, 4) is 0 Å². The minimum absolute atomic E-state index is 0.00108. The molecule has 0 unspecified atom stereocenters. The average Bonchev–Trinajstić information content (AvgIpc) is 3.32. The van der Waals surface area contributed by atoms with Crippen LogP contribution >= 0.6 is 0 Å². The number of nitrogens with zero attached hydrogens (tertiary/aromatic N) is 3. The molecule has 116 valence electrons. The third kappa shape index (κ3) is 2.70. The molecule has 1 fully saturated rings. The van der Waals surface area contributed by atoms with Crippen LogP contribution in [0, 0.1) is 6.92 Å². The predicted octanol–water partition coefficient (Wildman–Crippen LogP) is 3.07. The lowest BCUT2D eigenvalue weighted by molar-refractivity contribution is 0.0726. The number of carbonyl (C=O) groups excluding carboxylic acids is 1. The minimum atomic E-state index is 0.00108. The Kier molecular flexibility index (Phi) is 3.33. The van der Waals surface area contributed by atoms with Crippen molar-refractivity contribution in [2.45, 2.75) is 32.4 Å². The second-order valence-corrected chi connectivity index (χ2v) is 6.14. The molecule has 0 radical (unpaired) electrons. The van der Waals surface area contributed by atoms with Gasteiger partial charge in [0.25, 0.3) is 5.91 Å². The largest absolute Gasteiger partial charge is 0.330 e. The van der Waals surface area contributed by atoms with E-state index in [4.69, 9.17) is 0 Å². The Morgan fingerprint density at radius 1 is 1.26 bits per heavy atom. The number of aromatic nitrogens is 3. The van der Waals surface area contributed by atoms with Crippen molar-refractivity contribution < 1.29 is 4.79 Å². The van der Waals surface area contributed by atoms with E-state index in [-0.39, 0.29) is 5.91 Å². The van der Waals surface area contributed by atoms with E-state index in [1.807, 2.05) is 42.2 Å². The molecule has 1 saturated carbocycles. The van der Waals surface area contributed by atoms with Crippen molar-refractivity contribution in [1.29, 1.82) is 0 Å². The molecule has 23 heavy (non-hydrogen) atoms. The lowest BCUT2D eigenvalue weighted by atomic mass is 10.1. The number of rotatable bonds is 4. The van der Waals surface area contributed by atoms with E-state index in [2.05, 4.69) is 15.2 Å². The van der Waals surface area contributed by atoms with Crippen molar-refractivity contribution >= 4 is 16.8 Å². The third-order valence-corrected chi connectivity index (χ3v) is 4.27. The number of fused-ring (bicyclic) bond motifs is 1. The number of nitrogens with one attached hydrogen (secondary N) is 1. The molecule has 1 aromatic carbocycles. The Labute approximate surface area is 134 Å². The molecule has 0 spiro atoms. The number of aromatic amines is 1. The fourth-order valence-corrected chi connectivity index (χ4v) is 2.86. The molecular formula is C18H18N4O. The molecular weight excluding hydrogens is 288 g/mol. The minimum Gasteiger partial charge on any atom is -0.330 e. The molecule has 0 atom stereocenters. The van der Waals surface area contributed by atoms with E-state index in [1.165, 1.54) is 0 Å². The summed E-state index contributed by atoms with van der Waals surface area (Å²) in [7, 11) is 0. The molecule has 5 heteroatoms. The summed E-state index contributed by atoms with van der Waals surface area (Å²) in [5, 5.41) is 8.15. The van der Waals surface area contributed by atoms with E-state index in [0.29, 0.717) is 18.3 Å². The molecule has 0 bridgehead atoms. The topological polar surface area (TPSA) is 61.9 Å². The molecule has 1 N–H and O–H groups in total. The summed E-state index contributed by atoms with van der Waals surface area (Å²) >= 11 is 0. The van der Waals surface area contributed by atoms with Crippen molar-refractivity contribution in [3.63, 3.8) is 0 Å². The molecule has 1 aliphatic rings. The van der Waals surface area contributed by atoms with Crippen LogP contribution in [-0.2, 0) is 6.54 Å². The first kappa shape index (κ1) is 13.9. The number of carbonyl (C=O) groups is 1. The summed E-state index contributed by atoms with van der Waals surface area (Å²) in [4.78, 5) is 19.0. The molecule has 2 heterocycles. The van der Waals surface area contributed by atoms with Crippen LogP contribution in [0.2, 0.25) is 0 Å². The van der Waals surface area contributed by atoms with Gasteiger partial charge in [0, 0.05) is 30.4 Å². The van der Waals surface area contributed by atoms with Gasteiger partial charge < -0.3 is 4.90 Å². The van der Waals surface area contributed by atoms with Crippen LogP contribution in [0.1, 0.15) is 34.5 Å². The summed E-state index contributed by atoms with van der Waals surface area (Å²) in [5.74, 6) is 0.00108. The molecule has 4 rings (SSSR count). The summed E-state index contributed by atoms with van der Waals surface area (Å²) in [5.41, 5.74) is 3.64. The number of aryl methyl sites for hydroxylation is 1. The highest BCUT2D eigenvalue weighted by Gasteiger charge is 2.34. The van der Waals surface area contributed by atoms with Crippen LogP contribution in [0.4, 0.5) is 0 Å². The van der Waals surface area contributed by atoms with Gasteiger partial charge in [0.15, 0.2) is 5.69 Å². The molecule has 2 aromatic heterocycles. The van der Waals surface area contributed by atoms with Gasteiger partial charge in [-0.1, -0.05) is 11.6 Å². The van der Waals surface area contributed by atoms with Crippen LogP contribution in [0.25, 0.3) is 10.9 Å². The second kappa shape index (κ2) is 5.50. The predicted molar refractivity (Wildman–Crippen MR) is 88.0 cm³/mol. The maximum Gasteiger partial charge on any atom is 0.275 e. The van der Waals surface area contributed by atoms with Gasteiger partial charge in [-0.25, -0.2) is 0 Å². The summed E-state index contributed by atoms with van der Waals surface area (Å²) in [6, 6.07) is 10.2. The Hall–Kier alpha value is -2.69. The molecule has 1 amide bonds. The van der Waals surface area contributed by atoms with E-state index < -0.39 is 0 Å². The smallest absolute Gasteiger partial charge is 0.275 e. The van der Waals surface area contributed by atoms with Crippen molar-refractivity contribution in [3.05, 3.63) is 59.5 Å². The highest BCUT2D eigenvalue weighted by molar-refractivity contribution is 6.05. The van der Waals surface area contributed by atoms with Crippen LogP contribution in [-0.4, -0.2) is 32.0 Å². The highest BCUT2D eigenvalue weighted by Crippen LogP contribution is 2.30. The molecule has 5 nitrogen and oxygen atoms in total. The zero-order chi connectivity index (χ0) is 15.8. The Morgan fingerprint density at radius 2 is 2.04 bits per heavy atom. The summed E-state index contributed by atoms with van der Waals surface area (Å²) < 4.78 is 0. The van der Waals surface area contributed by atoms with E-state index in [9.17, 15) is 4.79 Å². The first-order valence-electron chi connectivity index (χ1n) is 7.87. The third-order valence-electron chi connectivity index (χ3n) is 4.27. The van der Waals surface area contributed by atoms with Crippen LogP contribution < -0.4 is 0 Å². The van der Waals surface area contributed by atoms with E-state index in [0.717, 1.165) is 34.9 Å². The lowest BCUT2D eigenvalue weighted by Crippen LogP contribution is -2.33. The summed E-state index contributed by atoms with van der Waals surface area (Å²) in [6.07, 6.45) is 5.66. The van der Waals surface area contributed by atoms with Gasteiger partial charge in [0.2, 0.25) is 0 Å². The van der Waals surface area contributed by atoms with Crippen LogP contribution in [0.15, 0.2) is 42.7 Å². The van der Waals surface area contributed by atoms with Gasteiger partial charge in [-0.3, -0.25) is 14.9 Å². The molecule has 3 aromatic rings. The summed E-state index contributed by atoms with van der Waals surface area (Å²) in [6.45, 7) is 2.63. The van der Waals surface area contributed by atoms with Crippen LogP contribution in [0.3, 0.4) is 0 Å². The fraction of sp³-hybridized carbons (Fsp3) is 0.278. The van der Waals surface area contributed by atoms with E-state index >= 15 is 0 Å². The van der Waals surface area contributed by atoms with Gasteiger partial charge >= 0.3 is 0 Å². The average molecular weight is 306 g/mol. The molecule has 1 aliphatic carbocycles. The second-order valence-electron chi connectivity index (χ2n) is 6.14. The quantitative estimate of drug-likeness (QED) is 0.806. The van der Waals surface area contributed by atoms with Gasteiger partial charge in [-0.05, 0) is 49.6 Å². The van der Waals surface area contributed by atoms with Gasteiger partial charge in [0.05, 0.1) is 5.52 Å². The number of H-pyrrole nitrogens is 1. The first-order valence-corrected chi connectivity index (χ1v) is 7.87. The normalized spacial score (nSPS) is 14.1. The van der Waals surface area contributed by atoms with Crippen LogP contribution in [0.5, 0.6) is 0 Å². The Balaban J connectivity index is 1.68. The maximum atomic E-state index is 13.0. The van der Waals surface area contributed by atoms with Gasteiger partial charge in [0.1, 0.15) is 0 Å². The maximum absolute atomic E-state index is 13.0. The molecule has 0 saturated heterocycles. The monoisotopic (exact) mass is 306 g/mol. The zero-order valence-electron chi connectivity index (χ0n) is 13.0. The number of hydrogen-bond donors (Lipinski definition) is 1. The van der Waals surface area contributed by atoms with E-state index in [1.54, 1.807) is 12.4 Å². The highest BCUT2D eigenvalue weighted by atomic mass is 16.2.